The Labute approximate surface area is 198 Å². The van der Waals surface area contributed by atoms with Gasteiger partial charge in [-0.05, 0) is 28.5 Å². The Hall–Kier alpha value is -4.10. The molecule has 34 heavy (non-hydrogen) atoms. The van der Waals surface area contributed by atoms with Crippen molar-refractivity contribution in [2.45, 2.75) is 6.54 Å². The van der Waals surface area contributed by atoms with Gasteiger partial charge in [0, 0.05) is 30.9 Å². The average Bonchev–Trinajstić information content (AvgIpc) is 3.39. The van der Waals surface area contributed by atoms with Crippen LogP contribution in [0.3, 0.4) is 0 Å². The number of hydrogen-bond acceptors (Lipinski definition) is 3. The third-order valence-corrected chi connectivity index (χ3v) is 6.76. The molecule has 0 atom stereocenters. The number of imidazole rings is 2. The van der Waals surface area contributed by atoms with Gasteiger partial charge >= 0.3 is 5.69 Å². The van der Waals surface area contributed by atoms with Crippen molar-refractivity contribution in [3.05, 3.63) is 104 Å². The standard InChI is InChI=1S/C26H20ClN5O2/c1-29-23-22(24(33)30(2)26(29)34)32-15-21(18-12-11-16-7-3-4-8-17(16)13-18)31(25(32)28-23)14-19-9-5-6-10-20(19)27/h3-13,15H,14H2,1-2H3. The molecule has 0 aliphatic heterocycles. The first-order chi connectivity index (χ1) is 16.4. The minimum Gasteiger partial charge on any atom is -0.305 e. The van der Waals surface area contributed by atoms with Gasteiger partial charge in [0.05, 0.1) is 12.2 Å². The highest BCUT2D eigenvalue weighted by Gasteiger charge is 2.21. The van der Waals surface area contributed by atoms with Crippen LogP contribution in [0.15, 0.2) is 82.5 Å². The van der Waals surface area contributed by atoms with Gasteiger partial charge in [-0.1, -0.05) is 66.2 Å². The summed E-state index contributed by atoms with van der Waals surface area (Å²) >= 11 is 6.50. The van der Waals surface area contributed by atoms with E-state index in [1.54, 1.807) is 11.4 Å². The number of halogens is 1. The van der Waals surface area contributed by atoms with Crippen LogP contribution in [0.2, 0.25) is 5.02 Å². The number of fused-ring (bicyclic) bond motifs is 4. The van der Waals surface area contributed by atoms with Gasteiger partial charge in [0.15, 0.2) is 11.2 Å². The van der Waals surface area contributed by atoms with E-state index in [-0.39, 0.29) is 5.56 Å². The van der Waals surface area contributed by atoms with Crippen LogP contribution in [0, 0.1) is 0 Å². The predicted molar refractivity (Wildman–Crippen MR) is 135 cm³/mol. The fourth-order valence-electron chi connectivity index (χ4n) is 4.55. The summed E-state index contributed by atoms with van der Waals surface area (Å²) in [5.74, 6) is 0.566. The second-order valence-electron chi connectivity index (χ2n) is 8.41. The van der Waals surface area contributed by atoms with E-state index in [0.29, 0.717) is 28.5 Å². The zero-order valence-electron chi connectivity index (χ0n) is 18.6. The fourth-order valence-corrected chi connectivity index (χ4v) is 4.74. The van der Waals surface area contributed by atoms with Crippen molar-refractivity contribution in [2.24, 2.45) is 14.1 Å². The zero-order valence-corrected chi connectivity index (χ0v) is 19.3. The van der Waals surface area contributed by atoms with Gasteiger partial charge in [0.2, 0.25) is 5.78 Å². The topological polar surface area (TPSA) is 66.2 Å². The van der Waals surface area contributed by atoms with E-state index in [4.69, 9.17) is 16.6 Å². The molecule has 168 valence electrons. The minimum atomic E-state index is -0.411. The molecule has 0 bridgehead atoms. The maximum atomic E-state index is 13.1. The molecule has 0 fully saturated rings. The molecule has 0 aliphatic rings. The van der Waals surface area contributed by atoms with Crippen LogP contribution >= 0.6 is 11.6 Å². The average molecular weight is 470 g/mol. The van der Waals surface area contributed by atoms with E-state index < -0.39 is 5.69 Å². The number of aryl methyl sites for hydroxylation is 1. The van der Waals surface area contributed by atoms with Crippen LogP contribution in [-0.2, 0) is 20.6 Å². The van der Waals surface area contributed by atoms with Gasteiger partial charge in [-0.15, -0.1) is 0 Å². The summed E-state index contributed by atoms with van der Waals surface area (Å²) in [6.07, 6.45) is 1.91. The first-order valence-electron chi connectivity index (χ1n) is 10.8. The molecule has 6 rings (SSSR count). The Kier molecular flexibility index (Phi) is 4.50. The van der Waals surface area contributed by atoms with Crippen LogP contribution < -0.4 is 11.2 Å². The summed E-state index contributed by atoms with van der Waals surface area (Å²) in [7, 11) is 3.10. The largest absolute Gasteiger partial charge is 0.332 e. The van der Waals surface area contributed by atoms with Crippen molar-refractivity contribution in [1.82, 2.24) is 23.1 Å². The number of aromatic nitrogens is 5. The lowest BCUT2D eigenvalue weighted by molar-refractivity contribution is 0.707. The van der Waals surface area contributed by atoms with Gasteiger partial charge < -0.3 is 4.57 Å². The van der Waals surface area contributed by atoms with Crippen LogP contribution in [0.4, 0.5) is 0 Å². The maximum Gasteiger partial charge on any atom is 0.332 e. The van der Waals surface area contributed by atoms with Gasteiger partial charge in [-0.3, -0.25) is 18.3 Å². The van der Waals surface area contributed by atoms with Crippen molar-refractivity contribution < 1.29 is 0 Å². The Balaban J connectivity index is 1.70. The zero-order chi connectivity index (χ0) is 23.6. The molecule has 8 heteroatoms. The predicted octanol–water partition coefficient (Wildman–Crippen LogP) is 4.21. The Bertz CT molecular complexity index is 1870. The number of rotatable bonds is 3. The second kappa shape index (κ2) is 7.46. The molecule has 3 aromatic heterocycles. The summed E-state index contributed by atoms with van der Waals surface area (Å²) in [5.41, 5.74) is 2.73. The molecule has 0 N–H and O–H groups in total. The van der Waals surface area contributed by atoms with Crippen LogP contribution in [0.1, 0.15) is 5.56 Å². The smallest absolute Gasteiger partial charge is 0.305 e. The molecule has 7 nitrogen and oxygen atoms in total. The van der Waals surface area contributed by atoms with E-state index in [0.717, 1.165) is 32.2 Å². The summed E-state index contributed by atoms with van der Waals surface area (Å²) in [6.45, 7) is 0.454. The molecule has 0 unspecified atom stereocenters. The van der Waals surface area contributed by atoms with Gasteiger partial charge in [0.1, 0.15) is 0 Å². The summed E-state index contributed by atoms with van der Waals surface area (Å²) in [6, 6.07) is 22.1. The molecule has 3 heterocycles. The number of benzene rings is 3. The molecule has 6 aromatic rings. The molecule has 0 spiro atoms. The normalized spacial score (nSPS) is 11.7. The van der Waals surface area contributed by atoms with Gasteiger partial charge in [-0.25, -0.2) is 4.79 Å². The number of hydrogen-bond donors (Lipinski definition) is 0. The third kappa shape index (κ3) is 2.94. The van der Waals surface area contributed by atoms with Gasteiger partial charge in [0.25, 0.3) is 5.56 Å². The lowest BCUT2D eigenvalue weighted by Crippen LogP contribution is -2.37. The molecule has 0 saturated heterocycles. The molecule has 0 radical (unpaired) electrons. The lowest BCUT2D eigenvalue weighted by atomic mass is 10.1. The summed E-state index contributed by atoms with van der Waals surface area (Å²) in [5, 5.41) is 2.92. The highest BCUT2D eigenvalue weighted by atomic mass is 35.5. The Morgan fingerprint density at radius 2 is 1.62 bits per heavy atom. The lowest BCUT2D eigenvalue weighted by Gasteiger charge is -2.11. The first-order valence-corrected chi connectivity index (χ1v) is 11.2. The summed E-state index contributed by atoms with van der Waals surface area (Å²) < 4.78 is 6.32. The van der Waals surface area contributed by atoms with Crippen molar-refractivity contribution in [1.29, 1.82) is 0 Å². The van der Waals surface area contributed by atoms with Crippen LogP contribution in [0.5, 0.6) is 0 Å². The second-order valence-corrected chi connectivity index (χ2v) is 8.82. The summed E-state index contributed by atoms with van der Waals surface area (Å²) in [4.78, 5) is 30.3. The molecular weight excluding hydrogens is 450 g/mol. The van der Waals surface area contributed by atoms with E-state index in [1.807, 2.05) is 47.2 Å². The van der Waals surface area contributed by atoms with Crippen LogP contribution in [0.25, 0.3) is 39.0 Å². The van der Waals surface area contributed by atoms with E-state index in [2.05, 4.69) is 30.3 Å². The van der Waals surface area contributed by atoms with Crippen molar-refractivity contribution in [2.75, 3.05) is 0 Å². The van der Waals surface area contributed by atoms with Crippen LogP contribution in [-0.4, -0.2) is 23.1 Å². The van der Waals surface area contributed by atoms with Crippen molar-refractivity contribution in [3.8, 4) is 11.3 Å². The molecule has 0 amide bonds. The highest BCUT2D eigenvalue weighted by Crippen LogP contribution is 2.30. The Morgan fingerprint density at radius 3 is 2.41 bits per heavy atom. The SMILES string of the molecule is Cn1c(=O)c2c(nc3n(Cc4ccccc4Cl)c(-c4ccc5ccccc5c4)cn23)n(C)c1=O. The van der Waals surface area contributed by atoms with Crippen molar-refractivity contribution >= 4 is 39.3 Å². The minimum absolute atomic E-state index is 0.348. The quantitative estimate of drug-likeness (QED) is 0.390. The first kappa shape index (κ1) is 20.5. The molecule has 0 aliphatic carbocycles. The molecular formula is C26H20ClN5O2. The van der Waals surface area contributed by atoms with E-state index in [1.165, 1.54) is 11.6 Å². The molecule has 3 aromatic carbocycles. The number of nitrogens with zero attached hydrogens (tertiary/aromatic N) is 5. The molecule has 0 saturated carbocycles. The Morgan fingerprint density at radius 1 is 0.882 bits per heavy atom. The fraction of sp³-hybridized carbons (Fsp3) is 0.115. The monoisotopic (exact) mass is 469 g/mol. The van der Waals surface area contributed by atoms with Crippen molar-refractivity contribution in [3.63, 3.8) is 0 Å². The highest BCUT2D eigenvalue weighted by molar-refractivity contribution is 6.31. The van der Waals surface area contributed by atoms with E-state index >= 15 is 0 Å². The van der Waals surface area contributed by atoms with E-state index in [9.17, 15) is 9.59 Å². The third-order valence-electron chi connectivity index (χ3n) is 6.39. The maximum absolute atomic E-state index is 13.1. The van der Waals surface area contributed by atoms with Gasteiger partial charge in [-0.2, -0.15) is 4.98 Å².